The summed E-state index contributed by atoms with van der Waals surface area (Å²) in [5.41, 5.74) is 1.09. The van der Waals surface area contributed by atoms with Crippen LogP contribution in [-0.4, -0.2) is 13.0 Å². The van der Waals surface area contributed by atoms with Gasteiger partial charge in [-0.15, -0.1) is 0 Å². The number of carbonyl (C=O) groups is 1. The quantitative estimate of drug-likeness (QED) is 0.652. The molecule has 23 heavy (non-hydrogen) atoms. The van der Waals surface area contributed by atoms with E-state index in [1.807, 2.05) is 6.07 Å². The number of hydrogen-bond acceptors (Lipinski definition) is 3. The maximum atomic E-state index is 12.2. The highest BCUT2D eigenvalue weighted by Crippen LogP contribution is 2.23. The number of ether oxygens (including phenoxy) is 1. The number of carbonyl (C=O) groups excluding carboxylic acids is 1. The number of nitrogens with zero attached hydrogens (tertiary/aromatic N) is 1. The summed E-state index contributed by atoms with van der Waals surface area (Å²) in [6, 6.07) is 13.5. The van der Waals surface area contributed by atoms with Crippen LogP contribution in [0.1, 0.15) is 5.56 Å². The van der Waals surface area contributed by atoms with Crippen molar-refractivity contribution in [3.05, 3.63) is 63.6 Å². The lowest BCUT2D eigenvalue weighted by Gasteiger charge is -2.06. The van der Waals surface area contributed by atoms with Crippen molar-refractivity contribution in [2.45, 2.75) is 0 Å². The van der Waals surface area contributed by atoms with Crippen LogP contribution in [0.3, 0.4) is 0 Å². The molecule has 0 bridgehead atoms. The standard InChI is InChI=1S/C17H12Cl2N2O2/c1-23-16-4-2-11(3-5-16)6-12(10-20)17(22)21-15-8-13(18)7-14(19)9-15/h2-9H,1H3,(H,21,22)/b12-6+. The molecule has 2 aromatic carbocycles. The largest absolute Gasteiger partial charge is 0.497 e. The lowest BCUT2D eigenvalue weighted by molar-refractivity contribution is -0.112. The number of nitrogens with one attached hydrogen (secondary N) is 1. The lowest BCUT2D eigenvalue weighted by atomic mass is 10.1. The van der Waals surface area contributed by atoms with E-state index in [1.165, 1.54) is 6.08 Å². The Labute approximate surface area is 143 Å². The molecule has 0 heterocycles. The van der Waals surface area contributed by atoms with E-state index in [0.717, 1.165) is 0 Å². The molecule has 0 aliphatic heterocycles. The van der Waals surface area contributed by atoms with Crippen LogP contribution in [0.4, 0.5) is 5.69 Å². The second-order valence-electron chi connectivity index (χ2n) is 4.56. The second-order valence-corrected chi connectivity index (χ2v) is 5.43. The highest BCUT2D eigenvalue weighted by Gasteiger charge is 2.10. The SMILES string of the molecule is COc1ccc(/C=C(\C#N)C(=O)Nc2cc(Cl)cc(Cl)c2)cc1. The van der Waals surface area contributed by atoms with Crippen LogP contribution in [-0.2, 0) is 4.79 Å². The van der Waals surface area contributed by atoms with Crippen molar-refractivity contribution in [3.63, 3.8) is 0 Å². The van der Waals surface area contributed by atoms with Crippen molar-refractivity contribution >= 4 is 40.9 Å². The zero-order valence-corrected chi connectivity index (χ0v) is 13.7. The molecule has 0 saturated carbocycles. The minimum atomic E-state index is -0.540. The Hall–Kier alpha value is -2.48. The smallest absolute Gasteiger partial charge is 0.266 e. The summed E-state index contributed by atoms with van der Waals surface area (Å²) in [5, 5.41) is 12.6. The first-order valence-corrected chi connectivity index (χ1v) is 7.30. The third-order valence-corrected chi connectivity index (χ3v) is 3.35. The Balaban J connectivity index is 2.20. The number of benzene rings is 2. The van der Waals surface area contributed by atoms with E-state index in [2.05, 4.69) is 5.32 Å². The van der Waals surface area contributed by atoms with Gasteiger partial charge in [0.05, 0.1) is 7.11 Å². The average Bonchev–Trinajstić information content (AvgIpc) is 2.52. The summed E-state index contributed by atoms with van der Waals surface area (Å²) in [6.45, 7) is 0. The molecule has 0 aromatic heterocycles. The van der Waals surface area contributed by atoms with Gasteiger partial charge in [-0.1, -0.05) is 35.3 Å². The maximum Gasteiger partial charge on any atom is 0.266 e. The van der Waals surface area contributed by atoms with Gasteiger partial charge in [0.15, 0.2) is 0 Å². The molecule has 1 amide bonds. The summed E-state index contributed by atoms with van der Waals surface area (Å²) in [7, 11) is 1.56. The van der Waals surface area contributed by atoms with Crippen molar-refractivity contribution < 1.29 is 9.53 Å². The number of amides is 1. The molecule has 2 aromatic rings. The molecule has 2 rings (SSSR count). The summed E-state index contributed by atoms with van der Waals surface area (Å²) < 4.78 is 5.06. The molecule has 4 nitrogen and oxygen atoms in total. The third-order valence-electron chi connectivity index (χ3n) is 2.91. The van der Waals surface area contributed by atoms with E-state index >= 15 is 0 Å². The maximum absolute atomic E-state index is 12.2. The molecule has 0 aliphatic rings. The summed E-state index contributed by atoms with van der Waals surface area (Å²) >= 11 is 11.8. The van der Waals surface area contributed by atoms with Crippen LogP contribution in [0.15, 0.2) is 48.0 Å². The van der Waals surface area contributed by atoms with Crippen molar-refractivity contribution in [2.75, 3.05) is 12.4 Å². The Morgan fingerprint density at radius 3 is 2.30 bits per heavy atom. The Morgan fingerprint density at radius 2 is 1.78 bits per heavy atom. The number of rotatable bonds is 4. The zero-order valence-electron chi connectivity index (χ0n) is 12.1. The predicted molar refractivity (Wildman–Crippen MR) is 91.7 cm³/mol. The van der Waals surface area contributed by atoms with Gasteiger partial charge in [0.2, 0.25) is 0 Å². The average molecular weight is 347 g/mol. The van der Waals surface area contributed by atoms with Crippen LogP contribution in [0.5, 0.6) is 5.75 Å². The van der Waals surface area contributed by atoms with Gasteiger partial charge in [0, 0.05) is 15.7 Å². The normalized spacial score (nSPS) is 10.8. The van der Waals surface area contributed by atoms with Crippen LogP contribution in [0.25, 0.3) is 6.08 Å². The molecule has 0 unspecified atom stereocenters. The minimum absolute atomic E-state index is 0.0359. The molecular weight excluding hydrogens is 335 g/mol. The van der Waals surface area contributed by atoms with Crippen LogP contribution in [0, 0.1) is 11.3 Å². The highest BCUT2D eigenvalue weighted by atomic mass is 35.5. The first-order valence-electron chi connectivity index (χ1n) is 6.55. The number of hydrogen-bond donors (Lipinski definition) is 1. The van der Waals surface area contributed by atoms with E-state index in [-0.39, 0.29) is 5.57 Å². The molecule has 0 spiro atoms. The Morgan fingerprint density at radius 1 is 1.17 bits per heavy atom. The summed E-state index contributed by atoms with van der Waals surface area (Å²) in [6.07, 6.45) is 1.49. The van der Waals surface area contributed by atoms with Gasteiger partial charge in [-0.3, -0.25) is 4.79 Å². The number of methoxy groups -OCH3 is 1. The topological polar surface area (TPSA) is 62.1 Å². The van der Waals surface area contributed by atoms with Gasteiger partial charge < -0.3 is 10.1 Å². The molecule has 0 aliphatic carbocycles. The van der Waals surface area contributed by atoms with Crippen LogP contribution in [0.2, 0.25) is 10.0 Å². The first kappa shape index (κ1) is 16.9. The lowest BCUT2D eigenvalue weighted by Crippen LogP contribution is -2.13. The molecule has 0 saturated heterocycles. The van der Waals surface area contributed by atoms with Gasteiger partial charge in [0.1, 0.15) is 17.4 Å². The molecule has 0 fully saturated rings. The molecule has 0 atom stereocenters. The van der Waals surface area contributed by atoms with E-state index in [1.54, 1.807) is 49.6 Å². The zero-order chi connectivity index (χ0) is 16.8. The number of nitriles is 1. The van der Waals surface area contributed by atoms with Crippen molar-refractivity contribution in [1.29, 1.82) is 5.26 Å². The summed E-state index contributed by atoms with van der Waals surface area (Å²) in [4.78, 5) is 12.2. The second kappa shape index (κ2) is 7.68. The van der Waals surface area contributed by atoms with Crippen LogP contribution >= 0.6 is 23.2 Å². The minimum Gasteiger partial charge on any atom is -0.497 e. The van der Waals surface area contributed by atoms with E-state index in [4.69, 9.17) is 27.9 Å². The van der Waals surface area contributed by atoms with Gasteiger partial charge in [-0.25, -0.2) is 0 Å². The Bertz CT molecular complexity index is 773. The van der Waals surface area contributed by atoms with E-state index in [9.17, 15) is 10.1 Å². The van der Waals surface area contributed by atoms with Crippen molar-refractivity contribution in [1.82, 2.24) is 0 Å². The van der Waals surface area contributed by atoms with Gasteiger partial charge in [0.25, 0.3) is 5.91 Å². The third kappa shape index (κ3) is 4.75. The number of anilines is 1. The molecule has 0 radical (unpaired) electrons. The molecule has 6 heteroatoms. The fourth-order valence-corrected chi connectivity index (χ4v) is 2.37. The van der Waals surface area contributed by atoms with E-state index in [0.29, 0.717) is 27.0 Å². The first-order chi connectivity index (χ1) is 11.0. The molecular formula is C17H12Cl2N2O2. The molecule has 1 N–H and O–H groups in total. The monoisotopic (exact) mass is 346 g/mol. The van der Waals surface area contributed by atoms with E-state index < -0.39 is 5.91 Å². The summed E-state index contributed by atoms with van der Waals surface area (Å²) in [5.74, 6) is 0.153. The van der Waals surface area contributed by atoms with Crippen LogP contribution < -0.4 is 10.1 Å². The van der Waals surface area contributed by atoms with Crippen molar-refractivity contribution in [3.8, 4) is 11.8 Å². The van der Waals surface area contributed by atoms with Gasteiger partial charge >= 0.3 is 0 Å². The molecule has 116 valence electrons. The predicted octanol–water partition coefficient (Wildman–Crippen LogP) is 4.55. The van der Waals surface area contributed by atoms with Gasteiger partial charge in [-0.05, 0) is 42.0 Å². The van der Waals surface area contributed by atoms with Gasteiger partial charge in [-0.2, -0.15) is 5.26 Å². The Kier molecular flexibility index (Phi) is 5.64. The number of halogens is 2. The van der Waals surface area contributed by atoms with Crippen molar-refractivity contribution in [2.24, 2.45) is 0 Å². The highest BCUT2D eigenvalue weighted by molar-refractivity contribution is 6.35. The fraction of sp³-hybridized carbons (Fsp3) is 0.0588. The fourth-order valence-electron chi connectivity index (χ4n) is 1.84.